The Labute approximate surface area is 155 Å². The van der Waals surface area contributed by atoms with Crippen LogP contribution in [0, 0.1) is 5.41 Å². The predicted molar refractivity (Wildman–Crippen MR) is 95.7 cm³/mol. The lowest BCUT2D eigenvalue weighted by atomic mass is 9.97. The molecular formula is C20H21F3N4. The highest BCUT2D eigenvalue weighted by Crippen LogP contribution is 2.59. The molecule has 0 aliphatic heterocycles. The van der Waals surface area contributed by atoms with Crippen molar-refractivity contribution in [1.29, 1.82) is 0 Å². The maximum absolute atomic E-state index is 13.1. The van der Waals surface area contributed by atoms with Crippen LogP contribution in [0.25, 0.3) is 5.69 Å². The first-order valence-electron chi connectivity index (χ1n) is 9.06. The van der Waals surface area contributed by atoms with E-state index in [1.807, 2.05) is 36.5 Å². The van der Waals surface area contributed by atoms with Crippen LogP contribution in [0.3, 0.4) is 0 Å². The van der Waals surface area contributed by atoms with Crippen LogP contribution < -0.4 is 0 Å². The number of benzene rings is 1. The van der Waals surface area contributed by atoms with Crippen molar-refractivity contribution < 1.29 is 13.2 Å². The molecule has 0 spiro atoms. The van der Waals surface area contributed by atoms with Gasteiger partial charge < -0.3 is 4.98 Å². The molecule has 27 heavy (non-hydrogen) atoms. The van der Waals surface area contributed by atoms with Crippen molar-refractivity contribution in [2.24, 2.45) is 5.41 Å². The second kappa shape index (κ2) is 6.55. The van der Waals surface area contributed by atoms with E-state index < -0.39 is 11.6 Å². The Morgan fingerprint density at radius 1 is 1.22 bits per heavy atom. The lowest BCUT2D eigenvalue weighted by Crippen LogP contribution is -2.26. The van der Waals surface area contributed by atoms with Gasteiger partial charge in [-0.1, -0.05) is 19.1 Å². The lowest BCUT2D eigenvalue weighted by Gasteiger charge is -2.17. The first-order valence-corrected chi connectivity index (χ1v) is 9.06. The molecule has 142 valence electrons. The van der Waals surface area contributed by atoms with Crippen LogP contribution in [0.2, 0.25) is 0 Å². The number of hydrogen-bond acceptors (Lipinski definition) is 2. The largest absolute Gasteiger partial charge is 0.394 e. The minimum absolute atomic E-state index is 0.00352. The molecule has 1 aliphatic carbocycles. The molecule has 0 amide bonds. The minimum Gasteiger partial charge on any atom is -0.346 e. The quantitative estimate of drug-likeness (QED) is 0.672. The average molecular weight is 374 g/mol. The summed E-state index contributed by atoms with van der Waals surface area (Å²) in [7, 11) is 0. The third-order valence-electron chi connectivity index (χ3n) is 5.40. The van der Waals surface area contributed by atoms with Crippen molar-refractivity contribution in [2.45, 2.75) is 44.7 Å². The number of H-pyrrole nitrogens is 1. The highest BCUT2D eigenvalue weighted by molar-refractivity contribution is 5.35. The van der Waals surface area contributed by atoms with Gasteiger partial charge in [-0.05, 0) is 42.5 Å². The lowest BCUT2D eigenvalue weighted by molar-refractivity contribution is -0.186. The van der Waals surface area contributed by atoms with Gasteiger partial charge in [0.25, 0.3) is 0 Å². The molecule has 1 fully saturated rings. The summed E-state index contributed by atoms with van der Waals surface area (Å²) in [5.74, 6) is 0.930. The van der Waals surface area contributed by atoms with Crippen molar-refractivity contribution >= 4 is 0 Å². The van der Waals surface area contributed by atoms with Crippen molar-refractivity contribution in [2.75, 3.05) is 0 Å². The Kier molecular flexibility index (Phi) is 4.32. The van der Waals surface area contributed by atoms with E-state index >= 15 is 0 Å². The number of imidazole rings is 1. The second-order valence-corrected chi connectivity index (χ2v) is 7.46. The van der Waals surface area contributed by atoms with E-state index in [4.69, 9.17) is 0 Å². The highest BCUT2D eigenvalue weighted by Gasteiger charge is 2.62. The topological polar surface area (TPSA) is 46.5 Å². The average Bonchev–Trinajstić information content (AvgIpc) is 3.05. The summed E-state index contributed by atoms with van der Waals surface area (Å²) >= 11 is 0. The maximum atomic E-state index is 13.1. The fraction of sp³-hybridized carbons (Fsp3) is 0.400. The maximum Gasteiger partial charge on any atom is 0.394 e. The summed E-state index contributed by atoms with van der Waals surface area (Å²) in [6.07, 6.45) is 2.10. The van der Waals surface area contributed by atoms with Crippen LogP contribution in [0.1, 0.15) is 42.8 Å². The Morgan fingerprint density at radius 3 is 2.56 bits per heavy atom. The third kappa shape index (κ3) is 3.63. The Bertz CT molecular complexity index is 890. The van der Waals surface area contributed by atoms with Crippen molar-refractivity contribution in [3.05, 3.63) is 66.0 Å². The first-order chi connectivity index (χ1) is 12.9. The van der Waals surface area contributed by atoms with Crippen LogP contribution in [-0.4, -0.2) is 25.9 Å². The van der Waals surface area contributed by atoms with Gasteiger partial charge in [0.2, 0.25) is 0 Å². The van der Waals surface area contributed by atoms with E-state index in [2.05, 4.69) is 22.0 Å². The highest BCUT2D eigenvalue weighted by atomic mass is 19.4. The zero-order valence-corrected chi connectivity index (χ0v) is 15.0. The Morgan fingerprint density at radius 2 is 1.96 bits per heavy atom. The van der Waals surface area contributed by atoms with Gasteiger partial charge in [0.15, 0.2) is 0 Å². The third-order valence-corrected chi connectivity index (χ3v) is 5.40. The Hall–Kier alpha value is -2.57. The molecule has 4 nitrogen and oxygen atoms in total. The number of halogens is 3. The fourth-order valence-electron chi connectivity index (χ4n) is 3.46. The fourth-order valence-corrected chi connectivity index (χ4v) is 3.46. The predicted octanol–water partition coefficient (Wildman–Crippen LogP) is 4.83. The van der Waals surface area contributed by atoms with E-state index in [9.17, 15) is 13.2 Å². The number of hydrogen-bond donors (Lipinski definition) is 1. The molecule has 0 radical (unpaired) electrons. The first kappa shape index (κ1) is 17.8. The minimum atomic E-state index is -4.14. The number of alkyl halides is 3. The molecule has 1 aromatic carbocycles. The summed E-state index contributed by atoms with van der Waals surface area (Å²) in [5.41, 5.74) is 1.17. The zero-order valence-electron chi connectivity index (χ0n) is 15.0. The number of nitrogens with zero attached hydrogens (tertiary/aromatic N) is 3. The van der Waals surface area contributed by atoms with Gasteiger partial charge in [-0.25, -0.2) is 9.67 Å². The van der Waals surface area contributed by atoms with E-state index in [1.165, 1.54) is 0 Å². The summed E-state index contributed by atoms with van der Waals surface area (Å²) in [6, 6.07) is 9.98. The molecule has 7 heteroatoms. The van der Waals surface area contributed by atoms with E-state index in [1.54, 1.807) is 17.1 Å². The molecule has 2 heterocycles. The van der Waals surface area contributed by atoms with Crippen LogP contribution in [0.4, 0.5) is 13.2 Å². The van der Waals surface area contributed by atoms with Gasteiger partial charge in [-0.2, -0.15) is 18.3 Å². The molecule has 1 atom stereocenters. The summed E-state index contributed by atoms with van der Waals surface area (Å²) in [5, 5.41) is 4.20. The number of nitrogens with one attached hydrogen (secondary N) is 1. The van der Waals surface area contributed by atoms with Gasteiger partial charge >= 0.3 is 6.18 Å². The molecule has 0 bridgehead atoms. The van der Waals surface area contributed by atoms with Crippen molar-refractivity contribution in [3.63, 3.8) is 0 Å². The van der Waals surface area contributed by atoms with E-state index in [0.29, 0.717) is 12.1 Å². The smallest absolute Gasteiger partial charge is 0.346 e. The van der Waals surface area contributed by atoms with Crippen LogP contribution in [0.5, 0.6) is 0 Å². The summed E-state index contributed by atoms with van der Waals surface area (Å²) < 4.78 is 41.1. The van der Waals surface area contributed by atoms with Gasteiger partial charge in [0, 0.05) is 37.1 Å². The monoisotopic (exact) mass is 374 g/mol. The van der Waals surface area contributed by atoms with Crippen LogP contribution >= 0.6 is 0 Å². The number of rotatable bonds is 6. The van der Waals surface area contributed by atoms with Crippen molar-refractivity contribution in [3.8, 4) is 5.69 Å². The zero-order chi connectivity index (χ0) is 19.1. The van der Waals surface area contributed by atoms with E-state index in [-0.39, 0.29) is 25.2 Å². The summed E-state index contributed by atoms with van der Waals surface area (Å²) in [6.45, 7) is 2.09. The van der Waals surface area contributed by atoms with Crippen molar-refractivity contribution in [1.82, 2.24) is 19.7 Å². The van der Waals surface area contributed by atoms with Gasteiger partial charge in [0.1, 0.15) is 5.82 Å². The second-order valence-electron chi connectivity index (χ2n) is 7.46. The Balaban J connectivity index is 1.40. The molecule has 3 aromatic rings. The molecule has 1 unspecified atom stereocenters. The van der Waals surface area contributed by atoms with Gasteiger partial charge in [0.05, 0.1) is 11.1 Å². The number of aromatic nitrogens is 4. The standard InChI is InChI=1S/C20H21F3N4/c1-14(15-3-5-17(6-4-15)27-10-2-9-25-27)11-18-24-13-16(26-18)12-19(7-8-19)20(21,22)23/h2-6,9-10,13-14H,7-8,11-12H2,1H3,(H,24,26). The van der Waals surface area contributed by atoms with Gasteiger partial charge in [-0.3, -0.25) is 0 Å². The molecule has 1 aliphatic rings. The SMILES string of the molecule is CC(Cc1ncc(CC2(C(F)(F)F)CC2)[nH]1)c1ccc(-n2cccn2)cc1. The van der Waals surface area contributed by atoms with Gasteiger partial charge in [-0.15, -0.1) is 0 Å². The number of aromatic amines is 1. The van der Waals surface area contributed by atoms with Crippen LogP contribution in [0.15, 0.2) is 48.9 Å². The summed E-state index contributed by atoms with van der Waals surface area (Å²) in [4.78, 5) is 7.39. The molecule has 0 saturated heterocycles. The van der Waals surface area contributed by atoms with Crippen LogP contribution in [-0.2, 0) is 12.8 Å². The molecule has 2 aromatic heterocycles. The van der Waals surface area contributed by atoms with E-state index in [0.717, 1.165) is 17.1 Å². The molecule has 1 N–H and O–H groups in total. The molecule has 1 saturated carbocycles. The molecule has 4 rings (SSSR count). The molecular weight excluding hydrogens is 353 g/mol. The normalized spacial score (nSPS) is 17.0.